The van der Waals surface area contributed by atoms with Crippen LogP contribution >= 0.6 is 0 Å². The number of hydrogen-bond donors (Lipinski definition) is 3. The lowest BCUT2D eigenvalue weighted by Crippen LogP contribution is -2.14. The fraction of sp³-hybridized carbons (Fsp3) is 0.0500. The van der Waals surface area contributed by atoms with E-state index < -0.39 is 6.55 Å². The first-order valence-electron chi connectivity index (χ1n) is 9.16. The second kappa shape index (κ2) is 7.44. The van der Waals surface area contributed by atoms with Crippen LogP contribution in [0.2, 0.25) is 0 Å². The first-order valence-corrected chi connectivity index (χ1v) is 9.16. The topological polar surface area (TPSA) is 117 Å². The number of amides is 1. The van der Waals surface area contributed by atoms with E-state index in [0.29, 0.717) is 38.7 Å². The van der Waals surface area contributed by atoms with Crippen molar-refractivity contribution >= 4 is 22.8 Å². The Morgan fingerprint density at radius 1 is 1.13 bits per heavy atom. The average Bonchev–Trinajstić information content (AvgIpc) is 3.53. The van der Waals surface area contributed by atoms with E-state index in [4.69, 9.17) is 0 Å². The summed E-state index contributed by atoms with van der Waals surface area (Å²) in [5, 5.41) is 13.5. The van der Waals surface area contributed by atoms with Crippen LogP contribution in [0.25, 0.3) is 33.5 Å². The van der Waals surface area contributed by atoms with Crippen molar-refractivity contribution in [1.29, 1.82) is 0 Å². The summed E-state index contributed by atoms with van der Waals surface area (Å²) in [5.74, 6) is 0.0930. The standard InChI is InChI=1S/C20H14F2N8O/c21-20(22)30-10-13(9-25-30)16-7-11-6-12(8-23-18(11)27-16)14-2-1-3-15(26-14)19(31)28-17-4-5-24-29-17/h1-10,20H,(H,23,27)(H2,24,28,29,31). The molecule has 0 saturated heterocycles. The van der Waals surface area contributed by atoms with E-state index in [1.807, 2.05) is 6.07 Å². The van der Waals surface area contributed by atoms with Crippen LogP contribution in [0.3, 0.4) is 0 Å². The number of halogens is 2. The number of anilines is 1. The lowest BCUT2D eigenvalue weighted by atomic mass is 10.1. The molecule has 11 heteroatoms. The summed E-state index contributed by atoms with van der Waals surface area (Å²) < 4.78 is 26.1. The van der Waals surface area contributed by atoms with Crippen LogP contribution in [0.15, 0.2) is 61.2 Å². The van der Waals surface area contributed by atoms with Gasteiger partial charge in [-0.05, 0) is 24.3 Å². The Bertz CT molecular complexity index is 1370. The smallest absolute Gasteiger partial charge is 0.333 e. The van der Waals surface area contributed by atoms with Crippen molar-refractivity contribution in [2.24, 2.45) is 0 Å². The molecule has 0 aliphatic carbocycles. The maximum absolute atomic E-state index is 12.8. The fourth-order valence-corrected chi connectivity index (χ4v) is 3.13. The molecule has 0 saturated carbocycles. The number of nitrogens with one attached hydrogen (secondary N) is 3. The maximum atomic E-state index is 12.8. The van der Waals surface area contributed by atoms with Crippen molar-refractivity contribution in [3.8, 4) is 22.5 Å². The molecule has 154 valence electrons. The molecule has 9 nitrogen and oxygen atoms in total. The summed E-state index contributed by atoms with van der Waals surface area (Å²) in [7, 11) is 0. The molecule has 0 atom stereocenters. The first kappa shape index (κ1) is 18.6. The highest BCUT2D eigenvalue weighted by molar-refractivity contribution is 6.02. The number of fused-ring (bicyclic) bond motifs is 1. The number of aromatic amines is 2. The maximum Gasteiger partial charge on any atom is 0.333 e. The highest BCUT2D eigenvalue weighted by Crippen LogP contribution is 2.27. The van der Waals surface area contributed by atoms with Gasteiger partial charge in [0.25, 0.3) is 5.91 Å². The zero-order chi connectivity index (χ0) is 21.4. The minimum Gasteiger partial charge on any atom is -0.339 e. The first-order chi connectivity index (χ1) is 15.1. The van der Waals surface area contributed by atoms with E-state index in [1.165, 1.54) is 18.6 Å². The molecule has 0 spiro atoms. The van der Waals surface area contributed by atoms with E-state index >= 15 is 0 Å². The third-order valence-electron chi connectivity index (χ3n) is 4.61. The molecule has 5 heterocycles. The van der Waals surface area contributed by atoms with Crippen LogP contribution in [0.1, 0.15) is 17.0 Å². The zero-order valence-electron chi connectivity index (χ0n) is 15.8. The Labute approximate surface area is 173 Å². The number of hydrogen-bond acceptors (Lipinski definition) is 5. The Hall–Kier alpha value is -4.41. The highest BCUT2D eigenvalue weighted by Gasteiger charge is 2.13. The van der Waals surface area contributed by atoms with Crippen molar-refractivity contribution in [3.05, 3.63) is 66.9 Å². The van der Waals surface area contributed by atoms with E-state index in [-0.39, 0.29) is 11.6 Å². The summed E-state index contributed by atoms with van der Waals surface area (Å²) in [5.41, 5.74) is 3.25. The molecule has 0 bridgehead atoms. The third-order valence-corrected chi connectivity index (χ3v) is 4.61. The normalized spacial score (nSPS) is 11.3. The van der Waals surface area contributed by atoms with Gasteiger partial charge in [0.05, 0.1) is 23.8 Å². The molecule has 0 aliphatic heterocycles. The highest BCUT2D eigenvalue weighted by atomic mass is 19.3. The molecular formula is C20H14F2N8O. The Balaban J connectivity index is 1.44. The quantitative estimate of drug-likeness (QED) is 0.399. The third kappa shape index (κ3) is 3.64. The number of aromatic nitrogens is 7. The van der Waals surface area contributed by atoms with Gasteiger partial charge in [-0.15, -0.1) is 0 Å². The average molecular weight is 420 g/mol. The summed E-state index contributed by atoms with van der Waals surface area (Å²) in [6, 6.07) is 10.4. The fourth-order valence-electron chi connectivity index (χ4n) is 3.13. The molecular weight excluding hydrogens is 406 g/mol. The number of carbonyl (C=O) groups excluding carboxylic acids is 1. The van der Waals surface area contributed by atoms with Crippen LogP contribution in [0, 0.1) is 0 Å². The molecule has 3 N–H and O–H groups in total. The number of rotatable bonds is 5. The van der Waals surface area contributed by atoms with Gasteiger partial charge >= 0.3 is 6.55 Å². The van der Waals surface area contributed by atoms with Crippen LogP contribution in [0.4, 0.5) is 14.6 Å². The number of alkyl halides is 2. The van der Waals surface area contributed by atoms with E-state index in [0.717, 1.165) is 5.39 Å². The van der Waals surface area contributed by atoms with Gasteiger partial charge in [-0.2, -0.15) is 19.0 Å². The molecule has 5 aromatic rings. The molecule has 0 aliphatic rings. The summed E-state index contributed by atoms with van der Waals surface area (Å²) in [6.45, 7) is -2.70. The number of H-pyrrole nitrogens is 2. The SMILES string of the molecule is O=C(Nc1ccn[nH]1)c1cccc(-c2cnc3[nH]c(-c4cnn(C(F)F)c4)cc3c2)n1. The second-order valence-electron chi connectivity index (χ2n) is 6.66. The van der Waals surface area contributed by atoms with E-state index in [2.05, 4.69) is 35.6 Å². The summed E-state index contributed by atoms with van der Waals surface area (Å²) in [6.07, 6.45) is 5.79. The predicted octanol–water partition coefficient (Wildman–Crippen LogP) is 3.86. The predicted molar refractivity (Wildman–Crippen MR) is 108 cm³/mol. The van der Waals surface area contributed by atoms with Gasteiger partial charge in [-0.25, -0.2) is 14.6 Å². The number of nitrogens with zero attached hydrogens (tertiary/aromatic N) is 5. The number of pyridine rings is 2. The van der Waals surface area contributed by atoms with Gasteiger partial charge in [0.15, 0.2) is 0 Å². The van der Waals surface area contributed by atoms with Crippen LogP contribution in [-0.2, 0) is 0 Å². The van der Waals surface area contributed by atoms with Crippen molar-refractivity contribution < 1.29 is 13.6 Å². The molecule has 0 unspecified atom stereocenters. The van der Waals surface area contributed by atoms with Gasteiger partial charge in [0.2, 0.25) is 0 Å². The van der Waals surface area contributed by atoms with Crippen LogP contribution < -0.4 is 5.32 Å². The van der Waals surface area contributed by atoms with Crippen molar-refractivity contribution in [2.75, 3.05) is 5.32 Å². The number of carbonyl (C=O) groups is 1. The van der Waals surface area contributed by atoms with Gasteiger partial charge in [-0.1, -0.05) is 6.07 Å². The molecule has 0 fully saturated rings. The van der Waals surface area contributed by atoms with Gasteiger partial charge < -0.3 is 10.3 Å². The second-order valence-corrected chi connectivity index (χ2v) is 6.66. The van der Waals surface area contributed by atoms with Gasteiger partial charge in [-0.3, -0.25) is 9.89 Å². The lowest BCUT2D eigenvalue weighted by molar-refractivity contribution is 0.0566. The molecule has 1 amide bonds. The van der Waals surface area contributed by atoms with Gasteiger partial charge in [0, 0.05) is 35.0 Å². The van der Waals surface area contributed by atoms with Crippen molar-refractivity contribution in [3.63, 3.8) is 0 Å². The van der Waals surface area contributed by atoms with Crippen molar-refractivity contribution in [2.45, 2.75) is 6.55 Å². The van der Waals surface area contributed by atoms with E-state index in [9.17, 15) is 13.6 Å². The molecule has 31 heavy (non-hydrogen) atoms. The Morgan fingerprint density at radius 2 is 2.03 bits per heavy atom. The van der Waals surface area contributed by atoms with Crippen molar-refractivity contribution in [1.82, 2.24) is 34.9 Å². The summed E-state index contributed by atoms with van der Waals surface area (Å²) >= 11 is 0. The largest absolute Gasteiger partial charge is 0.339 e. The monoisotopic (exact) mass is 420 g/mol. The zero-order valence-corrected chi connectivity index (χ0v) is 15.8. The van der Waals surface area contributed by atoms with E-state index in [1.54, 1.807) is 36.5 Å². The van der Waals surface area contributed by atoms with Gasteiger partial charge in [0.1, 0.15) is 17.2 Å². The Kier molecular flexibility index (Phi) is 4.47. The van der Waals surface area contributed by atoms with Crippen LogP contribution in [0.5, 0.6) is 0 Å². The molecule has 0 aromatic carbocycles. The minimum atomic E-state index is -2.70. The lowest BCUT2D eigenvalue weighted by Gasteiger charge is -2.05. The molecule has 5 rings (SSSR count). The summed E-state index contributed by atoms with van der Waals surface area (Å²) in [4.78, 5) is 24.3. The Morgan fingerprint density at radius 3 is 2.81 bits per heavy atom. The minimum absolute atomic E-state index is 0.237. The van der Waals surface area contributed by atoms with Crippen LogP contribution in [-0.4, -0.2) is 40.8 Å². The molecule has 0 radical (unpaired) electrons. The molecule has 5 aromatic heterocycles.